The summed E-state index contributed by atoms with van der Waals surface area (Å²) in [7, 11) is 0. The molecule has 1 aliphatic heterocycles. The van der Waals surface area contributed by atoms with E-state index in [1.54, 1.807) is 41.3 Å². The molecular formula is C26H24FNO3S. The van der Waals surface area contributed by atoms with E-state index in [9.17, 15) is 19.1 Å². The molecule has 0 saturated carbocycles. The Hall–Kier alpha value is -3.12. The number of phenols is 1. The molecule has 3 aromatic rings. The smallest absolute Gasteiger partial charge is 0.234 e. The van der Waals surface area contributed by atoms with Crippen molar-refractivity contribution < 1.29 is 19.1 Å². The van der Waals surface area contributed by atoms with E-state index < -0.39 is 5.92 Å². The van der Waals surface area contributed by atoms with Crippen LogP contribution >= 0.6 is 11.8 Å². The Morgan fingerprint density at radius 3 is 2.31 bits per heavy atom. The van der Waals surface area contributed by atoms with E-state index >= 15 is 0 Å². The number of phenolic OH excluding ortho intramolecular Hbond substituents is 1. The number of halogens is 1. The summed E-state index contributed by atoms with van der Waals surface area (Å²) in [6.07, 6.45) is 1.44. The predicted octanol–water partition coefficient (Wildman–Crippen LogP) is 5.52. The Balaban J connectivity index is 1.66. The number of thioether (sulfide) groups is 1. The number of rotatable bonds is 7. The van der Waals surface area contributed by atoms with Crippen molar-refractivity contribution in [3.05, 3.63) is 95.8 Å². The number of aromatic hydroxyl groups is 1. The van der Waals surface area contributed by atoms with Gasteiger partial charge in [-0.3, -0.25) is 9.59 Å². The first kappa shape index (κ1) is 22.1. The Morgan fingerprint density at radius 1 is 1.03 bits per heavy atom. The van der Waals surface area contributed by atoms with Crippen LogP contribution in [0.2, 0.25) is 0 Å². The molecule has 1 saturated heterocycles. The van der Waals surface area contributed by atoms with Gasteiger partial charge in [-0.25, -0.2) is 4.39 Å². The monoisotopic (exact) mass is 449 g/mol. The fraction of sp³-hybridized carbons (Fsp3) is 0.231. The Labute approximate surface area is 191 Å². The molecule has 3 atom stereocenters. The molecule has 1 aliphatic rings. The standard InChI is InChI=1S/C26H24FNO3S/c1-17(29)32-23(16-7-18-5-3-2-4-6-18)24-25(19-8-14-22(30)15-9-19)28(26(24)31)21-12-10-20(27)11-13-21/h2-6,8-15,23-25,30H,7,16H2,1H3. The molecule has 0 aliphatic carbocycles. The number of hydrogen-bond donors (Lipinski definition) is 1. The fourth-order valence-corrected chi connectivity index (χ4v) is 5.34. The number of carbonyl (C=O) groups is 2. The van der Waals surface area contributed by atoms with Crippen molar-refractivity contribution in [2.45, 2.75) is 31.1 Å². The van der Waals surface area contributed by atoms with Gasteiger partial charge in [0.2, 0.25) is 5.91 Å². The molecule has 4 nitrogen and oxygen atoms in total. The van der Waals surface area contributed by atoms with E-state index in [4.69, 9.17) is 0 Å². The summed E-state index contributed by atoms with van der Waals surface area (Å²) in [5.41, 5.74) is 2.64. The van der Waals surface area contributed by atoms with E-state index in [2.05, 4.69) is 0 Å². The van der Waals surface area contributed by atoms with Gasteiger partial charge in [0.15, 0.2) is 5.12 Å². The lowest BCUT2D eigenvalue weighted by Crippen LogP contribution is -2.59. The van der Waals surface area contributed by atoms with Crippen LogP contribution in [-0.4, -0.2) is 21.4 Å². The van der Waals surface area contributed by atoms with Crippen LogP contribution < -0.4 is 4.90 Å². The second kappa shape index (κ2) is 9.57. The van der Waals surface area contributed by atoms with E-state index in [1.807, 2.05) is 30.3 Å². The minimum Gasteiger partial charge on any atom is -0.508 e. The van der Waals surface area contributed by atoms with Gasteiger partial charge in [-0.2, -0.15) is 0 Å². The second-order valence-electron chi connectivity index (χ2n) is 7.92. The van der Waals surface area contributed by atoms with Crippen LogP contribution in [0.5, 0.6) is 5.75 Å². The first-order valence-corrected chi connectivity index (χ1v) is 11.4. The SMILES string of the molecule is CC(=O)SC(CCc1ccccc1)C1C(=O)N(c2ccc(F)cc2)C1c1ccc(O)cc1. The van der Waals surface area contributed by atoms with E-state index in [0.717, 1.165) is 17.5 Å². The first-order valence-electron chi connectivity index (χ1n) is 10.5. The molecule has 0 spiro atoms. The molecule has 3 unspecified atom stereocenters. The zero-order chi connectivity index (χ0) is 22.7. The number of amides is 1. The predicted molar refractivity (Wildman–Crippen MR) is 125 cm³/mol. The van der Waals surface area contributed by atoms with E-state index in [0.29, 0.717) is 12.1 Å². The normalized spacial score (nSPS) is 18.8. The lowest BCUT2D eigenvalue weighted by Gasteiger charge is -2.50. The van der Waals surface area contributed by atoms with Gasteiger partial charge in [0.05, 0.1) is 12.0 Å². The van der Waals surface area contributed by atoms with Gasteiger partial charge >= 0.3 is 0 Å². The van der Waals surface area contributed by atoms with Crippen LogP contribution in [0.1, 0.15) is 30.5 Å². The zero-order valence-electron chi connectivity index (χ0n) is 17.6. The summed E-state index contributed by atoms with van der Waals surface area (Å²) in [6, 6.07) is 22.3. The van der Waals surface area contributed by atoms with Crippen molar-refractivity contribution in [3.8, 4) is 5.75 Å². The quantitative estimate of drug-likeness (QED) is 0.483. The number of β-lactam (4-membered cyclic amide) rings is 1. The third-order valence-electron chi connectivity index (χ3n) is 5.76. The Morgan fingerprint density at radius 2 is 1.69 bits per heavy atom. The van der Waals surface area contributed by atoms with Crippen molar-refractivity contribution in [2.24, 2.45) is 5.92 Å². The van der Waals surface area contributed by atoms with Gasteiger partial charge in [-0.15, -0.1) is 0 Å². The highest BCUT2D eigenvalue weighted by molar-refractivity contribution is 8.14. The van der Waals surface area contributed by atoms with Gasteiger partial charge in [-0.1, -0.05) is 54.2 Å². The number of benzene rings is 3. The third kappa shape index (κ3) is 4.70. The molecule has 32 heavy (non-hydrogen) atoms. The highest BCUT2D eigenvalue weighted by Gasteiger charge is 2.52. The molecular weight excluding hydrogens is 425 g/mol. The topological polar surface area (TPSA) is 57.6 Å². The number of carbonyl (C=O) groups excluding carboxylic acids is 2. The van der Waals surface area contributed by atoms with Crippen LogP contribution in [0.25, 0.3) is 0 Å². The molecule has 164 valence electrons. The highest BCUT2D eigenvalue weighted by Crippen LogP contribution is 2.49. The molecule has 4 rings (SSSR count). The number of aryl methyl sites for hydroxylation is 1. The maximum Gasteiger partial charge on any atom is 0.234 e. The molecule has 0 bridgehead atoms. The molecule has 1 heterocycles. The zero-order valence-corrected chi connectivity index (χ0v) is 18.5. The Bertz CT molecular complexity index is 1090. The summed E-state index contributed by atoms with van der Waals surface area (Å²) in [5.74, 6) is -0.709. The summed E-state index contributed by atoms with van der Waals surface area (Å²) in [4.78, 5) is 27.1. The molecule has 6 heteroatoms. The summed E-state index contributed by atoms with van der Waals surface area (Å²) < 4.78 is 13.5. The average molecular weight is 450 g/mol. The number of hydrogen-bond acceptors (Lipinski definition) is 4. The summed E-state index contributed by atoms with van der Waals surface area (Å²) in [6.45, 7) is 1.52. The lowest BCUT2D eigenvalue weighted by atomic mass is 9.78. The van der Waals surface area contributed by atoms with E-state index in [-0.39, 0.29) is 33.9 Å². The largest absolute Gasteiger partial charge is 0.508 e. The molecule has 1 amide bonds. The van der Waals surface area contributed by atoms with Gasteiger partial charge in [-0.05, 0) is 60.4 Å². The molecule has 0 radical (unpaired) electrons. The minimum atomic E-state index is -0.401. The Kier molecular flexibility index (Phi) is 6.61. The van der Waals surface area contributed by atoms with Crippen molar-refractivity contribution in [1.82, 2.24) is 0 Å². The van der Waals surface area contributed by atoms with E-state index in [1.165, 1.54) is 30.8 Å². The van der Waals surface area contributed by atoms with Gasteiger partial charge in [0, 0.05) is 17.9 Å². The summed E-state index contributed by atoms with van der Waals surface area (Å²) >= 11 is 1.21. The third-order valence-corrected chi connectivity index (χ3v) is 6.92. The first-order chi connectivity index (χ1) is 15.4. The maximum atomic E-state index is 13.5. The van der Waals surface area contributed by atoms with Crippen LogP contribution in [0.4, 0.5) is 10.1 Å². The van der Waals surface area contributed by atoms with Crippen LogP contribution in [0.3, 0.4) is 0 Å². The molecule has 3 aromatic carbocycles. The van der Waals surface area contributed by atoms with Gasteiger partial charge in [0.25, 0.3) is 0 Å². The maximum absolute atomic E-state index is 13.5. The van der Waals surface area contributed by atoms with Crippen molar-refractivity contribution in [3.63, 3.8) is 0 Å². The van der Waals surface area contributed by atoms with Gasteiger partial charge in [0.1, 0.15) is 11.6 Å². The minimum absolute atomic E-state index is 0.0273. The van der Waals surface area contributed by atoms with Crippen LogP contribution in [-0.2, 0) is 16.0 Å². The van der Waals surface area contributed by atoms with Gasteiger partial charge < -0.3 is 10.0 Å². The van der Waals surface area contributed by atoms with Crippen LogP contribution in [0, 0.1) is 11.7 Å². The second-order valence-corrected chi connectivity index (χ2v) is 9.34. The molecule has 0 aromatic heterocycles. The van der Waals surface area contributed by atoms with Crippen molar-refractivity contribution >= 4 is 28.5 Å². The average Bonchev–Trinajstić information content (AvgIpc) is 2.78. The number of nitrogens with zero attached hydrogens (tertiary/aromatic N) is 1. The fourth-order valence-electron chi connectivity index (χ4n) is 4.27. The highest BCUT2D eigenvalue weighted by atomic mass is 32.2. The van der Waals surface area contributed by atoms with Crippen molar-refractivity contribution in [2.75, 3.05) is 4.90 Å². The molecule has 1 N–H and O–H groups in total. The summed E-state index contributed by atoms with van der Waals surface area (Å²) in [5, 5.41) is 9.50. The van der Waals surface area contributed by atoms with Crippen LogP contribution in [0.15, 0.2) is 78.9 Å². The number of anilines is 1. The lowest BCUT2D eigenvalue weighted by molar-refractivity contribution is -0.130. The van der Waals surface area contributed by atoms with Crippen molar-refractivity contribution in [1.29, 1.82) is 0 Å². The molecule has 1 fully saturated rings.